The number of hydrogen-bond donors (Lipinski definition) is 1. The number of hydrogen-bond acceptors (Lipinski definition) is 4. The molecule has 0 bridgehead atoms. The van der Waals surface area contributed by atoms with Gasteiger partial charge in [0.2, 0.25) is 0 Å². The first-order valence-corrected chi connectivity index (χ1v) is 6.60. The Morgan fingerprint density at radius 3 is 2.95 bits per heavy atom. The molecule has 1 N–H and O–H groups in total. The topological polar surface area (TPSA) is 47.3 Å². The van der Waals surface area contributed by atoms with Gasteiger partial charge in [0.25, 0.3) is 0 Å². The Balaban J connectivity index is 1.70. The van der Waals surface area contributed by atoms with E-state index in [9.17, 15) is 0 Å². The molecule has 0 amide bonds. The molecule has 100 valence electrons. The van der Waals surface area contributed by atoms with Gasteiger partial charge in [-0.15, -0.1) is 0 Å². The molecule has 0 aliphatic carbocycles. The molecule has 0 atom stereocenters. The van der Waals surface area contributed by atoms with E-state index in [0.29, 0.717) is 19.1 Å². The molecule has 19 heavy (non-hydrogen) atoms. The molecule has 0 unspecified atom stereocenters. The highest BCUT2D eigenvalue weighted by Crippen LogP contribution is 2.24. The fourth-order valence-electron chi connectivity index (χ4n) is 2.34. The predicted octanol–water partition coefficient (Wildman–Crippen LogP) is 3.44. The number of nitrogens with one attached hydrogen (secondary N) is 1. The first-order valence-electron chi connectivity index (χ1n) is 6.60. The smallest absolute Gasteiger partial charge is 0.127 e. The molecule has 2 heterocycles. The van der Waals surface area contributed by atoms with Gasteiger partial charge in [0.1, 0.15) is 12.0 Å². The second-order valence-corrected chi connectivity index (χ2v) is 5.20. The van der Waals surface area contributed by atoms with E-state index in [2.05, 4.69) is 42.5 Å². The van der Waals surface area contributed by atoms with Gasteiger partial charge in [-0.3, -0.25) is 0 Å². The molecule has 1 aliphatic heterocycles. The van der Waals surface area contributed by atoms with Crippen molar-refractivity contribution in [2.45, 2.75) is 39.5 Å². The van der Waals surface area contributed by atoms with Crippen molar-refractivity contribution in [3.63, 3.8) is 0 Å². The number of ether oxygens (including phenoxy) is 1. The lowest BCUT2D eigenvalue weighted by molar-refractivity contribution is 0.134. The summed E-state index contributed by atoms with van der Waals surface area (Å²) in [5.74, 6) is 0.427. The van der Waals surface area contributed by atoms with Crippen molar-refractivity contribution in [1.29, 1.82) is 0 Å². The quantitative estimate of drug-likeness (QED) is 0.912. The van der Waals surface area contributed by atoms with Crippen LogP contribution in [0.2, 0.25) is 0 Å². The molecule has 1 aromatic heterocycles. The highest BCUT2D eigenvalue weighted by molar-refractivity contribution is 5.49. The summed E-state index contributed by atoms with van der Waals surface area (Å²) in [6.45, 7) is 6.41. The minimum absolute atomic E-state index is 0.427. The van der Waals surface area contributed by atoms with Gasteiger partial charge in [0.05, 0.1) is 19.8 Å². The number of nitrogens with zero attached hydrogens (tertiary/aromatic N) is 1. The van der Waals surface area contributed by atoms with Gasteiger partial charge < -0.3 is 14.6 Å². The van der Waals surface area contributed by atoms with E-state index in [1.807, 2.05) is 0 Å². The van der Waals surface area contributed by atoms with E-state index in [1.165, 1.54) is 11.1 Å². The lowest BCUT2D eigenvalue weighted by atomic mass is 10.0. The highest BCUT2D eigenvalue weighted by Gasteiger charge is 2.13. The molecule has 3 rings (SSSR count). The van der Waals surface area contributed by atoms with Crippen molar-refractivity contribution in [3.8, 4) is 0 Å². The van der Waals surface area contributed by atoms with Crippen molar-refractivity contribution in [2.24, 2.45) is 0 Å². The third-order valence-corrected chi connectivity index (χ3v) is 3.48. The minimum Gasteiger partial charge on any atom is -0.379 e. The van der Waals surface area contributed by atoms with Crippen molar-refractivity contribution in [2.75, 3.05) is 5.32 Å². The van der Waals surface area contributed by atoms with Crippen LogP contribution in [0.25, 0.3) is 0 Å². The third kappa shape index (κ3) is 2.49. The van der Waals surface area contributed by atoms with Crippen LogP contribution in [0.5, 0.6) is 0 Å². The average Bonchev–Trinajstić information content (AvgIpc) is 3.04. The standard InChI is InChI=1S/C15H18N2O2/c1-10(2)14-9-19-17-15(14)6-16-13-4-3-11-7-18-8-12(11)5-13/h3-5,9-10,16H,6-8H2,1-2H3. The first kappa shape index (κ1) is 12.2. The molecule has 4 heteroatoms. The van der Waals surface area contributed by atoms with E-state index < -0.39 is 0 Å². The highest BCUT2D eigenvalue weighted by atomic mass is 16.5. The molecule has 1 aromatic carbocycles. The molecule has 0 spiro atoms. The van der Waals surface area contributed by atoms with Crippen molar-refractivity contribution in [1.82, 2.24) is 5.16 Å². The summed E-state index contributed by atoms with van der Waals surface area (Å²) in [7, 11) is 0. The number of rotatable bonds is 4. The summed E-state index contributed by atoms with van der Waals surface area (Å²) in [5, 5.41) is 7.46. The molecule has 0 radical (unpaired) electrons. The van der Waals surface area contributed by atoms with Gasteiger partial charge in [0.15, 0.2) is 0 Å². The normalized spacial score (nSPS) is 13.8. The Morgan fingerprint density at radius 1 is 1.26 bits per heavy atom. The largest absolute Gasteiger partial charge is 0.379 e. The Kier molecular flexibility index (Phi) is 3.25. The average molecular weight is 258 g/mol. The SMILES string of the molecule is CC(C)c1conc1CNc1ccc2c(c1)COC2. The van der Waals surface area contributed by atoms with E-state index in [-0.39, 0.29) is 0 Å². The van der Waals surface area contributed by atoms with E-state index in [1.54, 1.807) is 6.26 Å². The second kappa shape index (κ2) is 5.05. The maximum Gasteiger partial charge on any atom is 0.127 e. The third-order valence-electron chi connectivity index (χ3n) is 3.48. The first-order chi connectivity index (χ1) is 9.24. The fraction of sp³-hybridized carbons (Fsp3) is 0.400. The van der Waals surface area contributed by atoms with Crippen LogP contribution in [0.15, 0.2) is 29.0 Å². The van der Waals surface area contributed by atoms with Gasteiger partial charge in [-0.05, 0) is 29.2 Å². The molecular weight excluding hydrogens is 240 g/mol. The lowest BCUT2D eigenvalue weighted by Crippen LogP contribution is -2.03. The maximum absolute atomic E-state index is 5.42. The molecule has 4 nitrogen and oxygen atoms in total. The van der Waals surface area contributed by atoms with Crippen LogP contribution in [0, 0.1) is 0 Å². The van der Waals surface area contributed by atoms with Gasteiger partial charge in [-0.2, -0.15) is 0 Å². The number of aromatic nitrogens is 1. The Bertz CT molecular complexity index is 575. The number of anilines is 1. The second-order valence-electron chi connectivity index (χ2n) is 5.20. The number of fused-ring (bicyclic) bond motifs is 1. The fourth-order valence-corrected chi connectivity index (χ4v) is 2.34. The molecular formula is C15H18N2O2. The molecule has 0 fully saturated rings. The van der Waals surface area contributed by atoms with Crippen LogP contribution >= 0.6 is 0 Å². The van der Waals surface area contributed by atoms with Crippen molar-refractivity contribution in [3.05, 3.63) is 46.8 Å². The Labute approximate surface area is 112 Å². The van der Waals surface area contributed by atoms with E-state index in [4.69, 9.17) is 9.26 Å². The predicted molar refractivity (Wildman–Crippen MR) is 72.9 cm³/mol. The van der Waals surface area contributed by atoms with Crippen LogP contribution in [0.3, 0.4) is 0 Å². The van der Waals surface area contributed by atoms with Crippen LogP contribution in [-0.4, -0.2) is 5.16 Å². The van der Waals surface area contributed by atoms with E-state index >= 15 is 0 Å². The zero-order valence-corrected chi connectivity index (χ0v) is 11.3. The monoisotopic (exact) mass is 258 g/mol. The zero-order chi connectivity index (χ0) is 13.2. The minimum atomic E-state index is 0.427. The number of benzene rings is 1. The zero-order valence-electron chi connectivity index (χ0n) is 11.3. The molecule has 1 aliphatic rings. The Hall–Kier alpha value is -1.81. The van der Waals surface area contributed by atoms with Crippen molar-refractivity contribution < 1.29 is 9.26 Å². The van der Waals surface area contributed by atoms with Crippen LogP contribution in [0.4, 0.5) is 5.69 Å². The van der Waals surface area contributed by atoms with Crippen molar-refractivity contribution >= 4 is 5.69 Å². The van der Waals surface area contributed by atoms with E-state index in [0.717, 1.165) is 23.6 Å². The summed E-state index contributed by atoms with van der Waals surface area (Å²) in [5.41, 5.74) is 5.80. The molecule has 2 aromatic rings. The van der Waals surface area contributed by atoms with Gasteiger partial charge in [-0.25, -0.2) is 0 Å². The van der Waals surface area contributed by atoms with Crippen LogP contribution < -0.4 is 5.32 Å². The van der Waals surface area contributed by atoms with Crippen LogP contribution in [-0.2, 0) is 24.5 Å². The summed E-state index contributed by atoms with van der Waals surface area (Å²) in [4.78, 5) is 0. The van der Waals surface area contributed by atoms with Gasteiger partial charge in [0, 0.05) is 11.3 Å². The summed E-state index contributed by atoms with van der Waals surface area (Å²) < 4.78 is 10.5. The maximum atomic E-state index is 5.42. The molecule has 0 saturated heterocycles. The molecule has 0 saturated carbocycles. The lowest BCUT2D eigenvalue weighted by Gasteiger charge is -2.08. The summed E-state index contributed by atoms with van der Waals surface area (Å²) >= 11 is 0. The summed E-state index contributed by atoms with van der Waals surface area (Å²) in [6.07, 6.45) is 1.73. The van der Waals surface area contributed by atoms with Gasteiger partial charge >= 0.3 is 0 Å². The summed E-state index contributed by atoms with van der Waals surface area (Å²) in [6, 6.07) is 6.36. The Morgan fingerprint density at radius 2 is 2.11 bits per heavy atom. The van der Waals surface area contributed by atoms with Gasteiger partial charge in [-0.1, -0.05) is 25.1 Å². The van der Waals surface area contributed by atoms with Crippen LogP contribution in [0.1, 0.15) is 42.1 Å².